The fourth-order valence-corrected chi connectivity index (χ4v) is 5.56. The molecule has 0 saturated heterocycles. The summed E-state index contributed by atoms with van der Waals surface area (Å²) in [5.41, 5.74) is 2.32. The molecule has 3 N–H and O–H groups in total. The number of hydrogen-bond acceptors (Lipinski definition) is 9. The molecule has 12 heteroatoms. The van der Waals surface area contributed by atoms with Crippen molar-refractivity contribution in [1.29, 1.82) is 0 Å². The lowest BCUT2D eigenvalue weighted by atomic mass is 10.1. The zero-order chi connectivity index (χ0) is 36.8. The van der Waals surface area contributed by atoms with Crippen molar-refractivity contribution in [1.82, 2.24) is 5.32 Å². The minimum absolute atomic E-state index is 0.0247. The topological polar surface area (TPSA) is 141 Å². The Kier molecular flexibility index (Phi) is 14.1. The van der Waals surface area contributed by atoms with Crippen molar-refractivity contribution in [2.45, 2.75) is 36.8 Å². The van der Waals surface area contributed by atoms with E-state index < -0.39 is 23.0 Å². The second-order valence-corrected chi connectivity index (χ2v) is 12.5. The molecule has 4 rings (SSSR count). The number of esters is 1. The van der Waals surface area contributed by atoms with Gasteiger partial charge < -0.3 is 34.9 Å². The molecule has 3 amide bonds. The van der Waals surface area contributed by atoms with Crippen LogP contribution < -0.4 is 30.2 Å². The van der Waals surface area contributed by atoms with Crippen molar-refractivity contribution in [3.8, 4) is 17.2 Å². The van der Waals surface area contributed by atoms with Crippen molar-refractivity contribution in [2.24, 2.45) is 0 Å². The van der Waals surface area contributed by atoms with Crippen molar-refractivity contribution in [3.63, 3.8) is 0 Å². The summed E-state index contributed by atoms with van der Waals surface area (Å²) >= 11 is 1.34. The van der Waals surface area contributed by atoms with Gasteiger partial charge in [0.2, 0.25) is 11.7 Å². The van der Waals surface area contributed by atoms with Gasteiger partial charge in [-0.25, -0.2) is 4.79 Å². The molecule has 1 atom stereocenters. The van der Waals surface area contributed by atoms with Gasteiger partial charge in [-0.2, -0.15) is 0 Å². The van der Waals surface area contributed by atoms with Crippen LogP contribution in [0.1, 0.15) is 53.0 Å². The number of hydrogen-bond donors (Lipinski definition) is 3. The summed E-state index contributed by atoms with van der Waals surface area (Å²) in [6.07, 6.45) is 3.25. The maximum Gasteiger partial charge on any atom is 0.338 e. The van der Waals surface area contributed by atoms with E-state index in [0.29, 0.717) is 51.9 Å². The third kappa shape index (κ3) is 10.9. The molecule has 51 heavy (non-hydrogen) atoms. The molecule has 4 aromatic rings. The first kappa shape index (κ1) is 38.1. The summed E-state index contributed by atoms with van der Waals surface area (Å²) in [5, 5.41) is 7.96. The van der Waals surface area contributed by atoms with E-state index in [1.54, 1.807) is 97.9 Å². The molecule has 0 radical (unpaired) electrons. The van der Waals surface area contributed by atoms with Gasteiger partial charge in [0.25, 0.3) is 11.8 Å². The fourth-order valence-electron chi connectivity index (χ4n) is 4.69. The van der Waals surface area contributed by atoms with Gasteiger partial charge in [0.15, 0.2) is 11.5 Å². The lowest BCUT2D eigenvalue weighted by Gasteiger charge is -2.15. The Morgan fingerprint density at radius 1 is 0.765 bits per heavy atom. The van der Waals surface area contributed by atoms with Gasteiger partial charge in [0.1, 0.15) is 5.70 Å². The molecule has 0 saturated carbocycles. The molecular formula is C39H41N3O8S. The van der Waals surface area contributed by atoms with Crippen LogP contribution >= 0.6 is 11.8 Å². The number of unbranched alkanes of at least 4 members (excludes halogenated alkanes) is 1. The Bertz CT molecular complexity index is 1820. The zero-order valence-electron chi connectivity index (χ0n) is 29.1. The van der Waals surface area contributed by atoms with Gasteiger partial charge in [-0.05, 0) is 97.8 Å². The maximum absolute atomic E-state index is 13.6. The Hall–Kier alpha value is -5.75. The number of amides is 3. The van der Waals surface area contributed by atoms with Gasteiger partial charge in [-0.15, -0.1) is 11.8 Å². The quantitative estimate of drug-likeness (QED) is 0.0476. The zero-order valence-corrected chi connectivity index (χ0v) is 29.9. The highest BCUT2D eigenvalue weighted by Crippen LogP contribution is 2.38. The second-order valence-electron chi connectivity index (χ2n) is 11.1. The second kappa shape index (κ2) is 18.9. The van der Waals surface area contributed by atoms with E-state index in [9.17, 15) is 19.2 Å². The van der Waals surface area contributed by atoms with E-state index in [1.165, 1.54) is 39.2 Å². The van der Waals surface area contributed by atoms with Crippen LogP contribution in [0.5, 0.6) is 17.2 Å². The van der Waals surface area contributed by atoms with Crippen LogP contribution in [0.2, 0.25) is 0 Å². The van der Waals surface area contributed by atoms with Crippen molar-refractivity contribution in [2.75, 3.05) is 38.6 Å². The number of nitrogens with one attached hydrogen (secondary N) is 3. The van der Waals surface area contributed by atoms with Crippen LogP contribution in [-0.2, 0) is 14.3 Å². The van der Waals surface area contributed by atoms with Crippen LogP contribution in [0, 0.1) is 0 Å². The number of carbonyl (C=O) groups is 4. The molecule has 0 heterocycles. The van der Waals surface area contributed by atoms with Gasteiger partial charge in [-0.1, -0.05) is 31.5 Å². The number of carbonyl (C=O) groups excluding carboxylic acids is 4. The fraction of sp³-hybridized carbons (Fsp3) is 0.231. The Labute approximate surface area is 301 Å². The number of ether oxygens (including phenoxy) is 4. The lowest BCUT2D eigenvalue weighted by Crippen LogP contribution is -2.30. The summed E-state index contributed by atoms with van der Waals surface area (Å²) in [4.78, 5) is 52.5. The molecule has 11 nitrogen and oxygen atoms in total. The SMILES string of the molecule is CCCCOC(=O)c1ccc(NC(=O)C(C)Sc2ccc(NC(=O)/C(=C/c3cc(OC)c(OC)c(OC)c3)NC(=O)c3ccccc3)cc2)cc1. The highest BCUT2D eigenvalue weighted by atomic mass is 32.2. The van der Waals surface area contributed by atoms with Crippen LogP contribution in [0.4, 0.5) is 11.4 Å². The Balaban J connectivity index is 1.43. The van der Waals surface area contributed by atoms with Crippen LogP contribution in [-0.4, -0.2) is 56.9 Å². The molecule has 0 aromatic heterocycles. The van der Waals surface area contributed by atoms with Crippen LogP contribution in [0.3, 0.4) is 0 Å². The summed E-state index contributed by atoms with van der Waals surface area (Å²) in [5.74, 6) is -0.502. The molecule has 0 bridgehead atoms. The molecule has 0 aliphatic heterocycles. The van der Waals surface area contributed by atoms with Crippen molar-refractivity contribution in [3.05, 3.63) is 113 Å². The Morgan fingerprint density at radius 3 is 1.96 bits per heavy atom. The molecule has 266 valence electrons. The number of methoxy groups -OCH3 is 3. The first-order valence-electron chi connectivity index (χ1n) is 16.2. The van der Waals surface area contributed by atoms with E-state index in [4.69, 9.17) is 18.9 Å². The van der Waals surface area contributed by atoms with E-state index in [-0.39, 0.29) is 11.6 Å². The first-order valence-corrected chi connectivity index (χ1v) is 17.1. The molecule has 1 unspecified atom stereocenters. The van der Waals surface area contributed by atoms with Gasteiger partial charge in [-0.3, -0.25) is 14.4 Å². The van der Waals surface area contributed by atoms with E-state index in [0.717, 1.165) is 17.7 Å². The third-order valence-corrected chi connectivity index (χ3v) is 8.55. The van der Waals surface area contributed by atoms with E-state index in [1.807, 2.05) is 6.92 Å². The smallest absolute Gasteiger partial charge is 0.338 e. The summed E-state index contributed by atoms with van der Waals surface area (Å²) < 4.78 is 21.5. The largest absolute Gasteiger partial charge is 0.493 e. The molecule has 0 spiro atoms. The number of rotatable bonds is 16. The van der Waals surface area contributed by atoms with E-state index in [2.05, 4.69) is 16.0 Å². The third-order valence-electron chi connectivity index (χ3n) is 7.44. The number of benzene rings is 4. The predicted molar refractivity (Wildman–Crippen MR) is 199 cm³/mol. The molecule has 4 aromatic carbocycles. The standard InChI is InChI=1S/C39H41N3O8S/c1-6-7-21-50-39(46)28-13-15-29(16-14-28)40-36(43)25(2)51-31-19-17-30(18-20-31)41-38(45)32(42-37(44)27-11-9-8-10-12-27)22-26-23-33(47-3)35(49-5)34(24-26)48-4/h8-20,22-25H,6-7,21H2,1-5H3,(H,40,43)(H,41,45)(H,42,44)/b32-22-. The normalized spacial score (nSPS) is 11.5. The molecule has 0 fully saturated rings. The molecule has 0 aliphatic rings. The highest BCUT2D eigenvalue weighted by molar-refractivity contribution is 8.00. The van der Waals surface area contributed by atoms with Gasteiger partial charge >= 0.3 is 5.97 Å². The molecular weight excluding hydrogens is 671 g/mol. The maximum atomic E-state index is 13.6. The summed E-state index contributed by atoms with van der Waals surface area (Å²) in [6.45, 7) is 4.18. The average Bonchev–Trinajstić information content (AvgIpc) is 3.15. The van der Waals surface area contributed by atoms with Crippen molar-refractivity contribution < 1.29 is 38.1 Å². The van der Waals surface area contributed by atoms with Crippen LogP contribution in [0.15, 0.2) is 102 Å². The van der Waals surface area contributed by atoms with Gasteiger partial charge in [0, 0.05) is 21.8 Å². The summed E-state index contributed by atoms with van der Waals surface area (Å²) in [7, 11) is 4.46. The average molecular weight is 712 g/mol. The Morgan fingerprint density at radius 2 is 1.37 bits per heavy atom. The van der Waals surface area contributed by atoms with Crippen molar-refractivity contribution >= 4 is 52.9 Å². The lowest BCUT2D eigenvalue weighted by molar-refractivity contribution is -0.115. The first-order chi connectivity index (χ1) is 24.6. The van der Waals surface area contributed by atoms with Crippen LogP contribution in [0.25, 0.3) is 6.08 Å². The number of thioether (sulfide) groups is 1. The monoisotopic (exact) mass is 711 g/mol. The van der Waals surface area contributed by atoms with E-state index >= 15 is 0 Å². The predicted octanol–water partition coefficient (Wildman–Crippen LogP) is 7.20. The minimum atomic E-state index is -0.568. The molecule has 0 aliphatic carbocycles. The van der Waals surface area contributed by atoms with Gasteiger partial charge in [0.05, 0.1) is 38.7 Å². The minimum Gasteiger partial charge on any atom is -0.493 e. The number of anilines is 2. The highest BCUT2D eigenvalue weighted by Gasteiger charge is 2.19. The summed E-state index contributed by atoms with van der Waals surface area (Å²) in [6, 6.07) is 25.4.